The molecule has 0 saturated heterocycles. The molecule has 0 spiro atoms. The van der Waals surface area contributed by atoms with Gasteiger partial charge in [-0.05, 0) is 12.1 Å². The van der Waals surface area contributed by atoms with Gasteiger partial charge in [0, 0.05) is 29.0 Å². The van der Waals surface area contributed by atoms with Gasteiger partial charge in [-0.15, -0.1) is 0 Å². The van der Waals surface area contributed by atoms with E-state index in [-0.39, 0.29) is 0 Å². The van der Waals surface area contributed by atoms with Crippen molar-refractivity contribution in [2.24, 2.45) is 0 Å². The maximum atomic E-state index is 8.73. The molecule has 82 valence electrons. The van der Waals surface area contributed by atoms with Crippen LogP contribution in [-0.4, -0.2) is 9.55 Å². The number of hydrogen-bond acceptors (Lipinski definition) is 2. The van der Waals surface area contributed by atoms with Crippen molar-refractivity contribution in [1.82, 2.24) is 9.55 Å². The summed E-state index contributed by atoms with van der Waals surface area (Å²) in [6, 6.07) is 12.5. The highest BCUT2D eigenvalue weighted by Crippen LogP contribution is 2.27. The van der Waals surface area contributed by atoms with E-state index in [9.17, 15) is 0 Å². The number of pyridine rings is 1. The molecular weight excluding hydrogens is 210 g/mol. The van der Waals surface area contributed by atoms with E-state index in [1.54, 1.807) is 0 Å². The third kappa shape index (κ3) is 1.46. The van der Waals surface area contributed by atoms with Crippen LogP contribution in [-0.2, 0) is 6.54 Å². The van der Waals surface area contributed by atoms with E-state index in [0.29, 0.717) is 13.0 Å². The van der Waals surface area contributed by atoms with Gasteiger partial charge in [0.25, 0.3) is 0 Å². The van der Waals surface area contributed by atoms with Crippen molar-refractivity contribution in [2.75, 3.05) is 0 Å². The van der Waals surface area contributed by atoms with Gasteiger partial charge in [0.05, 0.1) is 24.2 Å². The summed E-state index contributed by atoms with van der Waals surface area (Å²) < 4.78 is 2.17. The van der Waals surface area contributed by atoms with Gasteiger partial charge < -0.3 is 4.57 Å². The van der Waals surface area contributed by atoms with E-state index in [4.69, 9.17) is 5.26 Å². The number of aryl methyl sites for hydroxylation is 1. The summed E-state index contributed by atoms with van der Waals surface area (Å²) in [6.07, 6.45) is 4.19. The van der Waals surface area contributed by atoms with Crippen molar-refractivity contribution >= 4 is 21.8 Å². The second-order valence-corrected chi connectivity index (χ2v) is 3.97. The van der Waals surface area contributed by atoms with Gasteiger partial charge in [-0.1, -0.05) is 18.2 Å². The Kier molecular flexibility index (Phi) is 2.27. The van der Waals surface area contributed by atoms with Gasteiger partial charge in [0.1, 0.15) is 0 Å². The van der Waals surface area contributed by atoms with Crippen molar-refractivity contribution in [3.8, 4) is 6.07 Å². The van der Waals surface area contributed by atoms with Crippen LogP contribution in [0, 0.1) is 11.3 Å². The fraction of sp³-hybridized carbons (Fsp3) is 0.143. The monoisotopic (exact) mass is 221 g/mol. The molecule has 0 saturated carbocycles. The summed E-state index contributed by atoms with van der Waals surface area (Å²) in [4.78, 5) is 4.17. The highest BCUT2D eigenvalue weighted by Gasteiger charge is 2.08. The first kappa shape index (κ1) is 9.86. The lowest BCUT2D eigenvalue weighted by molar-refractivity contribution is 0.767. The molecule has 3 rings (SSSR count). The van der Waals surface area contributed by atoms with Gasteiger partial charge in [-0.2, -0.15) is 5.26 Å². The highest BCUT2D eigenvalue weighted by atomic mass is 15.0. The highest BCUT2D eigenvalue weighted by molar-refractivity contribution is 6.07. The number of hydrogen-bond donors (Lipinski definition) is 0. The van der Waals surface area contributed by atoms with Crippen molar-refractivity contribution in [3.05, 3.63) is 42.7 Å². The average Bonchev–Trinajstić information content (AvgIpc) is 2.71. The Morgan fingerprint density at radius 1 is 1.12 bits per heavy atom. The zero-order valence-electron chi connectivity index (χ0n) is 9.30. The third-order valence-corrected chi connectivity index (χ3v) is 3.02. The zero-order valence-corrected chi connectivity index (χ0v) is 9.30. The molecule has 2 heterocycles. The van der Waals surface area contributed by atoms with Crippen molar-refractivity contribution in [1.29, 1.82) is 5.26 Å². The molecule has 17 heavy (non-hydrogen) atoms. The van der Waals surface area contributed by atoms with E-state index >= 15 is 0 Å². The summed E-state index contributed by atoms with van der Waals surface area (Å²) in [5, 5.41) is 11.2. The van der Waals surface area contributed by atoms with Crippen molar-refractivity contribution < 1.29 is 0 Å². The minimum atomic E-state index is 0.517. The summed E-state index contributed by atoms with van der Waals surface area (Å²) in [6.45, 7) is 0.714. The largest absolute Gasteiger partial charge is 0.338 e. The lowest BCUT2D eigenvalue weighted by Crippen LogP contribution is -1.96. The molecule has 0 radical (unpaired) electrons. The average molecular weight is 221 g/mol. The molecule has 3 aromatic rings. The van der Waals surface area contributed by atoms with E-state index in [0.717, 1.165) is 5.52 Å². The van der Waals surface area contributed by atoms with Crippen LogP contribution in [0.1, 0.15) is 6.42 Å². The molecule has 0 aliphatic carbocycles. The third-order valence-electron chi connectivity index (χ3n) is 3.02. The summed E-state index contributed by atoms with van der Waals surface area (Å²) in [7, 11) is 0. The smallest absolute Gasteiger partial charge is 0.0678 e. The minimum Gasteiger partial charge on any atom is -0.338 e. The van der Waals surface area contributed by atoms with Crippen LogP contribution in [0.3, 0.4) is 0 Å². The van der Waals surface area contributed by atoms with Gasteiger partial charge in [-0.3, -0.25) is 4.98 Å². The van der Waals surface area contributed by atoms with Crippen LogP contribution in [0.15, 0.2) is 42.7 Å². The summed E-state index contributed by atoms with van der Waals surface area (Å²) >= 11 is 0. The quantitative estimate of drug-likeness (QED) is 0.667. The predicted octanol–water partition coefficient (Wildman–Crippen LogP) is 3.10. The lowest BCUT2D eigenvalue weighted by Gasteiger charge is -2.03. The van der Waals surface area contributed by atoms with Gasteiger partial charge in [-0.25, -0.2) is 0 Å². The first-order chi connectivity index (χ1) is 8.42. The predicted molar refractivity (Wildman–Crippen MR) is 67.5 cm³/mol. The molecule has 3 nitrogen and oxygen atoms in total. The number of para-hydroxylation sites is 1. The molecule has 2 aromatic heterocycles. The Morgan fingerprint density at radius 3 is 2.82 bits per heavy atom. The first-order valence-electron chi connectivity index (χ1n) is 5.60. The Bertz CT molecular complexity index is 666. The normalized spacial score (nSPS) is 10.8. The molecule has 0 amide bonds. The molecule has 0 unspecified atom stereocenters. The Hall–Kier alpha value is -2.34. The molecule has 0 bridgehead atoms. The SMILES string of the molecule is N#CCCn1c2ccccc2c2ccncc21. The number of aromatic nitrogens is 2. The topological polar surface area (TPSA) is 41.6 Å². The molecule has 0 fully saturated rings. The molecule has 0 N–H and O–H groups in total. The fourth-order valence-corrected chi connectivity index (χ4v) is 2.30. The second-order valence-electron chi connectivity index (χ2n) is 3.97. The number of benzene rings is 1. The molecular formula is C14H11N3. The van der Waals surface area contributed by atoms with Crippen LogP contribution < -0.4 is 0 Å². The maximum absolute atomic E-state index is 8.73. The van der Waals surface area contributed by atoms with Gasteiger partial charge >= 0.3 is 0 Å². The van der Waals surface area contributed by atoms with E-state index in [1.807, 2.05) is 30.6 Å². The molecule has 0 atom stereocenters. The lowest BCUT2D eigenvalue weighted by atomic mass is 10.2. The van der Waals surface area contributed by atoms with E-state index in [1.165, 1.54) is 16.3 Å². The molecule has 3 heteroatoms. The number of nitriles is 1. The van der Waals surface area contributed by atoms with Crippen LogP contribution in [0.2, 0.25) is 0 Å². The zero-order chi connectivity index (χ0) is 11.7. The summed E-state index contributed by atoms with van der Waals surface area (Å²) in [5.41, 5.74) is 2.27. The van der Waals surface area contributed by atoms with Crippen LogP contribution in [0.25, 0.3) is 21.8 Å². The number of fused-ring (bicyclic) bond motifs is 3. The Balaban J connectivity index is 2.38. The summed E-state index contributed by atoms with van der Waals surface area (Å²) in [5.74, 6) is 0. The Labute approximate surface area is 98.9 Å². The van der Waals surface area contributed by atoms with Crippen LogP contribution >= 0.6 is 0 Å². The van der Waals surface area contributed by atoms with Gasteiger partial charge in [0.2, 0.25) is 0 Å². The molecule has 1 aromatic carbocycles. The molecule has 0 aliphatic rings. The van der Waals surface area contributed by atoms with E-state index < -0.39 is 0 Å². The van der Waals surface area contributed by atoms with Gasteiger partial charge in [0.15, 0.2) is 0 Å². The van der Waals surface area contributed by atoms with Crippen LogP contribution in [0.5, 0.6) is 0 Å². The first-order valence-corrected chi connectivity index (χ1v) is 5.60. The molecule has 0 aliphatic heterocycles. The standard InChI is InChI=1S/C14H11N3/c15-7-3-9-17-13-5-2-1-4-11(13)12-6-8-16-10-14(12)17/h1-2,4-6,8,10H,3,9H2. The number of rotatable bonds is 2. The van der Waals surface area contributed by atoms with E-state index in [2.05, 4.69) is 27.8 Å². The number of nitrogens with zero attached hydrogens (tertiary/aromatic N) is 3. The Morgan fingerprint density at radius 2 is 1.94 bits per heavy atom. The van der Waals surface area contributed by atoms with Crippen LogP contribution in [0.4, 0.5) is 0 Å². The van der Waals surface area contributed by atoms with Crippen molar-refractivity contribution in [3.63, 3.8) is 0 Å². The van der Waals surface area contributed by atoms with Crippen molar-refractivity contribution in [2.45, 2.75) is 13.0 Å². The fourth-order valence-electron chi connectivity index (χ4n) is 2.30. The maximum Gasteiger partial charge on any atom is 0.0678 e. The second kappa shape index (κ2) is 3.91. The minimum absolute atomic E-state index is 0.517.